The van der Waals surface area contributed by atoms with Crippen LogP contribution in [-0.4, -0.2) is 4.68 Å². The zero-order valence-electron chi connectivity index (χ0n) is 5.16. The van der Waals surface area contributed by atoms with Gasteiger partial charge in [-0.15, -0.1) is 0 Å². The Bertz CT molecular complexity index is 209. The Morgan fingerprint density at radius 1 is 1.78 bits per heavy atom. The van der Waals surface area contributed by atoms with Crippen LogP contribution < -0.4 is 10.4 Å². The summed E-state index contributed by atoms with van der Waals surface area (Å²) in [6, 6.07) is 1.81. The van der Waals surface area contributed by atoms with Crippen LogP contribution in [-0.2, 0) is 0 Å². The van der Waals surface area contributed by atoms with Gasteiger partial charge in [-0.2, -0.15) is 0 Å². The molecule has 0 amide bonds. The molecule has 0 aliphatic carbocycles. The normalized spacial score (nSPS) is 9.56. The van der Waals surface area contributed by atoms with Crippen molar-refractivity contribution in [2.45, 2.75) is 6.92 Å². The van der Waals surface area contributed by atoms with Gasteiger partial charge in [0.1, 0.15) is 5.75 Å². The van der Waals surface area contributed by atoms with E-state index < -0.39 is 0 Å². The highest BCUT2D eigenvalue weighted by molar-refractivity contribution is 7.10. The molecular weight excluding hydrogens is 135 g/mol. The third-order valence-electron chi connectivity index (χ3n) is 1.26. The van der Waals surface area contributed by atoms with Crippen molar-refractivity contribution in [2.24, 2.45) is 0 Å². The van der Waals surface area contributed by atoms with Crippen molar-refractivity contribution in [1.82, 2.24) is 4.68 Å². The molecule has 0 fully saturated rings. The molecule has 1 rings (SSSR count). The first kappa shape index (κ1) is 6.43. The standard InChI is InChI=1S/C5H9N2OP/c1-4-5(8-9)2-3-7(4)6/h2-3H,6,9H2,1H3. The van der Waals surface area contributed by atoms with Crippen molar-refractivity contribution in [3.63, 3.8) is 0 Å². The van der Waals surface area contributed by atoms with Crippen LogP contribution in [0.2, 0.25) is 0 Å². The number of nitrogens with two attached hydrogens (primary N) is 1. The topological polar surface area (TPSA) is 40.2 Å². The monoisotopic (exact) mass is 144 g/mol. The lowest BCUT2D eigenvalue weighted by Gasteiger charge is -1.97. The Kier molecular flexibility index (Phi) is 1.63. The zero-order chi connectivity index (χ0) is 6.85. The predicted molar refractivity (Wildman–Crippen MR) is 39.7 cm³/mol. The average Bonchev–Trinajstić information content (AvgIpc) is 2.15. The van der Waals surface area contributed by atoms with Gasteiger partial charge >= 0.3 is 0 Å². The van der Waals surface area contributed by atoms with Gasteiger partial charge in [0.15, 0.2) is 0 Å². The van der Waals surface area contributed by atoms with E-state index in [1.165, 1.54) is 4.68 Å². The highest BCUT2D eigenvalue weighted by Crippen LogP contribution is 2.18. The summed E-state index contributed by atoms with van der Waals surface area (Å²) in [4.78, 5) is 0. The molecule has 0 spiro atoms. The van der Waals surface area contributed by atoms with Crippen molar-refractivity contribution >= 4 is 9.47 Å². The molecule has 9 heavy (non-hydrogen) atoms. The van der Waals surface area contributed by atoms with Crippen LogP contribution in [0.25, 0.3) is 0 Å². The van der Waals surface area contributed by atoms with Crippen LogP contribution in [0.5, 0.6) is 5.75 Å². The van der Waals surface area contributed by atoms with Gasteiger partial charge in [0, 0.05) is 12.3 Å². The molecule has 2 N–H and O–H groups in total. The summed E-state index contributed by atoms with van der Waals surface area (Å²) >= 11 is 0. The van der Waals surface area contributed by atoms with E-state index in [0.29, 0.717) is 0 Å². The van der Waals surface area contributed by atoms with E-state index in [0.717, 1.165) is 11.4 Å². The largest absolute Gasteiger partial charge is 0.478 e. The van der Waals surface area contributed by atoms with Crippen molar-refractivity contribution in [2.75, 3.05) is 5.84 Å². The van der Waals surface area contributed by atoms with E-state index in [4.69, 9.17) is 10.4 Å². The number of nitrogens with zero attached hydrogens (tertiary/aromatic N) is 1. The fraction of sp³-hybridized carbons (Fsp3) is 0.200. The van der Waals surface area contributed by atoms with E-state index in [1.54, 1.807) is 6.20 Å². The molecule has 3 nitrogen and oxygen atoms in total. The van der Waals surface area contributed by atoms with Crippen LogP contribution in [0.4, 0.5) is 0 Å². The lowest BCUT2D eigenvalue weighted by Crippen LogP contribution is -2.07. The predicted octanol–water partition coefficient (Wildman–Crippen LogP) is 0.679. The fourth-order valence-corrected chi connectivity index (χ4v) is 0.881. The van der Waals surface area contributed by atoms with E-state index in [2.05, 4.69) is 9.47 Å². The molecule has 4 heteroatoms. The van der Waals surface area contributed by atoms with E-state index in [-0.39, 0.29) is 0 Å². The van der Waals surface area contributed by atoms with Crippen molar-refractivity contribution in [3.05, 3.63) is 18.0 Å². The highest BCUT2D eigenvalue weighted by atomic mass is 31.0. The second-order valence-corrected chi connectivity index (χ2v) is 2.03. The Balaban J connectivity index is 3.04. The second-order valence-electron chi connectivity index (χ2n) is 1.79. The second kappa shape index (κ2) is 2.28. The number of nitrogen functional groups attached to an aromatic ring is 1. The highest BCUT2D eigenvalue weighted by Gasteiger charge is 1.99. The van der Waals surface area contributed by atoms with Crippen LogP contribution >= 0.6 is 9.47 Å². The molecule has 50 valence electrons. The number of rotatable bonds is 1. The van der Waals surface area contributed by atoms with Gasteiger partial charge in [0.25, 0.3) is 0 Å². The summed E-state index contributed by atoms with van der Waals surface area (Å²) in [5.41, 5.74) is 0.921. The lowest BCUT2D eigenvalue weighted by atomic mass is 10.4. The minimum atomic E-state index is 0.794. The molecule has 0 radical (unpaired) electrons. The minimum Gasteiger partial charge on any atom is -0.478 e. The van der Waals surface area contributed by atoms with Crippen molar-refractivity contribution in [1.29, 1.82) is 0 Å². The van der Waals surface area contributed by atoms with E-state index >= 15 is 0 Å². The van der Waals surface area contributed by atoms with Crippen LogP contribution in [0.15, 0.2) is 12.3 Å². The average molecular weight is 144 g/mol. The molecule has 1 unspecified atom stereocenters. The zero-order valence-corrected chi connectivity index (χ0v) is 6.32. The first-order chi connectivity index (χ1) is 4.25. The number of hydrogen-bond acceptors (Lipinski definition) is 2. The van der Waals surface area contributed by atoms with E-state index in [9.17, 15) is 0 Å². The van der Waals surface area contributed by atoms with Gasteiger partial charge in [-0.25, -0.2) is 0 Å². The summed E-state index contributed by atoms with van der Waals surface area (Å²) in [5.74, 6) is 6.24. The third kappa shape index (κ3) is 1.01. The molecule has 0 aliphatic heterocycles. The maximum absolute atomic E-state index is 5.44. The number of aromatic nitrogens is 1. The molecule has 0 aliphatic rings. The Labute approximate surface area is 56.1 Å². The van der Waals surface area contributed by atoms with Crippen LogP contribution in [0, 0.1) is 6.92 Å². The maximum atomic E-state index is 5.44. The molecular formula is C5H9N2OP. The first-order valence-electron chi connectivity index (χ1n) is 2.55. The summed E-state index contributed by atoms with van der Waals surface area (Å²) in [6.07, 6.45) is 1.74. The quantitative estimate of drug-likeness (QED) is 0.465. The summed E-state index contributed by atoms with van der Waals surface area (Å²) in [5, 5.41) is 0. The van der Waals surface area contributed by atoms with Crippen LogP contribution in [0.3, 0.4) is 0 Å². The molecule has 0 saturated heterocycles. The van der Waals surface area contributed by atoms with Gasteiger partial charge in [0.2, 0.25) is 0 Å². The Morgan fingerprint density at radius 3 is 2.67 bits per heavy atom. The molecule has 1 atom stereocenters. The lowest BCUT2D eigenvalue weighted by molar-refractivity contribution is 0.636. The van der Waals surface area contributed by atoms with Gasteiger partial charge in [-0.1, -0.05) is 0 Å². The third-order valence-corrected chi connectivity index (χ3v) is 1.51. The first-order valence-corrected chi connectivity index (χ1v) is 3.02. The summed E-state index contributed by atoms with van der Waals surface area (Å²) in [7, 11) is 2.17. The molecule has 1 aromatic heterocycles. The smallest absolute Gasteiger partial charge is 0.145 e. The maximum Gasteiger partial charge on any atom is 0.145 e. The summed E-state index contributed by atoms with van der Waals surface area (Å²) in [6.45, 7) is 1.89. The molecule has 0 saturated carbocycles. The van der Waals surface area contributed by atoms with Gasteiger partial charge in [-0.3, -0.25) is 4.68 Å². The molecule has 1 aromatic rings. The van der Waals surface area contributed by atoms with Gasteiger partial charge < -0.3 is 10.4 Å². The Hall–Kier alpha value is -0.690. The SMILES string of the molecule is Cc1c(OP)ccn1N. The van der Waals surface area contributed by atoms with Gasteiger partial charge in [0.05, 0.1) is 15.2 Å². The van der Waals surface area contributed by atoms with Crippen LogP contribution in [0.1, 0.15) is 5.69 Å². The fourth-order valence-electron chi connectivity index (χ4n) is 0.632. The van der Waals surface area contributed by atoms with Crippen molar-refractivity contribution < 1.29 is 4.52 Å². The molecule has 0 aromatic carbocycles. The molecule has 1 heterocycles. The Morgan fingerprint density at radius 2 is 2.44 bits per heavy atom. The number of hydrogen-bond donors (Lipinski definition) is 1. The molecule has 0 bridgehead atoms. The summed E-state index contributed by atoms with van der Waals surface area (Å²) < 4.78 is 6.39. The minimum absolute atomic E-state index is 0.794. The van der Waals surface area contributed by atoms with E-state index in [1.807, 2.05) is 13.0 Å². The van der Waals surface area contributed by atoms with Crippen molar-refractivity contribution in [3.8, 4) is 5.75 Å². The van der Waals surface area contributed by atoms with Gasteiger partial charge in [-0.05, 0) is 6.92 Å².